The van der Waals surface area contributed by atoms with Crippen LogP contribution in [0.2, 0.25) is 5.02 Å². The van der Waals surface area contributed by atoms with E-state index in [1.807, 2.05) is 12.1 Å². The van der Waals surface area contributed by atoms with Gasteiger partial charge in [0.2, 0.25) is 0 Å². The zero-order valence-corrected chi connectivity index (χ0v) is 12.4. The topological polar surface area (TPSA) is 38.0 Å². The standard InChI is InChI=1S/C14H13BrClFN2/c15-12-7-11(5-6-13(12)16)19-14(8-18)9-1-3-10(17)4-2-9/h1-7,14,19H,8,18H2. The van der Waals surface area contributed by atoms with E-state index in [4.69, 9.17) is 17.3 Å². The Bertz CT molecular complexity index is 560. The van der Waals surface area contributed by atoms with E-state index in [-0.39, 0.29) is 11.9 Å². The average molecular weight is 344 g/mol. The Morgan fingerprint density at radius 3 is 2.47 bits per heavy atom. The van der Waals surface area contributed by atoms with Crippen LogP contribution in [0.25, 0.3) is 0 Å². The first kappa shape index (κ1) is 14.3. The predicted octanol–water partition coefficient (Wildman–Crippen LogP) is 4.35. The molecule has 2 rings (SSSR count). The van der Waals surface area contributed by atoms with Crippen molar-refractivity contribution >= 4 is 33.2 Å². The van der Waals surface area contributed by atoms with E-state index in [0.717, 1.165) is 15.7 Å². The molecular weight excluding hydrogens is 331 g/mol. The molecule has 0 aromatic heterocycles. The maximum Gasteiger partial charge on any atom is 0.123 e. The fourth-order valence-corrected chi connectivity index (χ4v) is 2.26. The molecule has 0 radical (unpaired) electrons. The summed E-state index contributed by atoms with van der Waals surface area (Å²) in [6, 6.07) is 11.8. The van der Waals surface area contributed by atoms with Gasteiger partial charge in [0, 0.05) is 16.7 Å². The van der Waals surface area contributed by atoms with Gasteiger partial charge < -0.3 is 11.1 Å². The lowest BCUT2D eigenvalue weighted by atomic mass is 10.1. The van der Waals surface area contributed by atoms with Gasteiger partial charge in [0.15, 0.2) is 0 Å². The average Bonchev–Trinajstić information content (AvgIpc) is 2.41. The highest BCUT2D eigenvalue weighted by Gasteiger charge is 2.10. The lowest BCUT2D eigenvalue weighted by Crippen LogP contribution is -2.20. The summed E-state index contributed by atoms with van der Waals surface area (Å²) in [4.78, 5) is 0. The highest BCUT2D eigenvalue weighted by Crippen LogP contribution is 2.27. The Balaban J connectivity index is 2.18. The Hall–Kier alpha value is -1.10. The first-order valence-electron chi connectivity index (χ1n) is 5.77. The minimum Gasteiger partial charge on any atom is -0.377 e. The van der Waals surface area contributed by atoms with Crippen LogP contribution in [0.3, 0.4) is 0 Å². The molecule has 0 saturated carbocycles. The van der Waals surface area contributed by atoms with Gasteiger partial charge in [0.25, 0.3) is 0 Å². The molecule has 3 N–H and O–H groups in total. The molecule has 0 aliphatic heterocycles. The SMILES string of the molecule is NCC(Nc1ccc(Cl)c(Br)c1)c1ccc(F)cc1. The van der Waals surface area contributed by atoms with Crippen molar-refractivity contribution in [2.24, 2.45) is 5.73 Å². The van der Waals surface area contributed by atoms with Gasteiger partial charge in [0.1, 0.15) is 5.82 Å². The lowest BCUT2D eigenvalue weighted by molar-refractivity contribution is 0.626. The van der Waals surface area contributed by atoms with Gasteiger partial charge in [-0.2, -0.15) is 0 Å². The number of nitrogens with two attached hydrogens (primary N) is 1. The van der Waals surface area contributed by atoms with E-state index in [1.54, 1.807) is 18.2 Å². The summed E-state index contributed by atoms with van der Waals surface area (Å²) >= 11 is 9.32. The van der Waals surface area contributed by atoms with E-state index in [2.05, 4.69) is 21.2 Å². The van der Waals surface area contributed by atoms with Gasteiger partial charge in [-0.3, -0.25) is 0 Å². The number of hydrogen-bond donors (Lipinski definition) is 2. The van der Waals surface area contributed by atoms with Crippen molar-refractivity contribution in [1.29, 1.82) is 0 Å². The van der Waals surface area contributed by atoms with Crippen LogP contribution in [0.1, 0.15) is 11.6 Å². The van der Waals surface area contributed by atoms with Crippen molar-refractivity contribution in [3.63, 3.8) is 0 Å². The van der Waals surface area contributed by atoms with Gasteiger partial charge in [-0.05, 0) is 51.8 Å². The summed E-state index contributed by atoms with van der Waals surface area (Å²) in [6.45, 7) is 0.409. The van der Waals surface area contributed by atoms with Gasteiger partial charge in [-0.1, -0.05) is 23.7 Å². The smallest absolute Gasteiger partial charge is 0.123 e. The Labute approximate surface area is 124 Å². The fraction of sp³-hybridized carbons (Fsp3) is 0.143. The van der Waals surface area contributed by atoms with Crippen LogP contribution in [0.4, 0.5) is 10.1 Å². The van der Waals surface area contributed by atoms with Crippen molar-refractivity contribution in [3.8, 4) is 0 Å². The van der Waals surface area contributed by atoms with Crippen molar-refractivity contribution in [2.45, 2.75) is 6.04 Å². The lowest BCUT2D eigenvalue weighted by Gasteiger charge is -2.19. The summed E-state index contributed by atoms with van der Waals surface area (Å²) in [5.74, 6) is -0.256. The Morgan fingerprint density at radius 1 is 1.21 bits per heavy atom. The number of anilines is 1. The molecule has 100 valence electrons. The van der Waals surface area contributed by atoms with Crippen molar-refractivity contribution in [2.75, 3.05) is 11.9 Å². The van der Waals surface area contributed by atoms with Crippen LogP contribution >= 0.6 is 27.5 Å². The van der Waals surface area contributed by atoms with Crippen LogP contribution in [-0.2, 0) is 0 Å². The molecule has 5 heteroatoms. The second-order valence-electron chi connectivity index (χ2n) is 4.11. The molecule has 1 unspecified atom stereocenters. The molecule has 0 fully saturated rings. The molecule has 2 aromatic rings. The molecule has 2 aromatic carbocycles. The largest absolute Gasteiger partial charge is 0.377 e. The quantitative estimate of drug-likeness (QED) is 0.866. The number of benzene rings is 2. The molecule has 0 saturated heterocycles. The van der Waals surface area contributed by atoms with Crippen LogP contribution < -0.4 is 11.1 Å². The molecule has 0 heterocycles. The van der Waals surface area contributed by atoms with Crippen molar-refractivity contribution in [1.82, 2.24) is 0 Å². The minimum absolute atomic E-state index is 0.0753. The van der Waals surface area contributed by atoms with Gasteiger partial charge in [-0.15, -0.1) is 0 Å². The van der Waals surface area contributed by atoms with Crippen molar-refractivity contribution < 1.29 is 4.39 Å². The number of nitrogens with one attached hydrogen (secondary N) is 1. The molecule has 0 bridgehead atoms. The van der Waals surface area contributed by atoms with Crippen LogP contribution in [-0.4, -0.2) is 6.54 Å². The minimum atomic E-state index is -0.256. The third-order valence-corrected chi connectivity index (χ3v) is 3.98. The van der Waals surface area contributed by atoms with E-state index in [9.17, 15) is 4.39 Å². The van der Waals surface area contributed by atoms with E-state index < -0.39 is 0 Å². The third-order valence-electron chi connectivity index (χ3n) is 2.77. The molecule has 1 atom stereocenters. The van der Waals surface area contributed by atoms with Crippen LogP contribution in [0, 0.1) is 5.82 Å². The molecule has 0 aliphatic carbocycles. The van der Waals surface area contributed by atoms with Gasteiger partial charge in [0.05, 0.1) is 11.1 Å². The summed E-state index contributed by atoms with van der Waals surface area (Å²) in [5, 5.41) is 3.95. The zero-order valence-electron chi connectivity index (χ0n) is 10.0. The number of hydrogen-bond acceptors (Lipinski definition) is 2. The highest BCUT2D eigenvalue weighted by molar-refractivity contribution is 9.10. The first-order valence-corrected chi connectivity index (χ1v) is 6.94. The predicted molar refractivity (Wildman–Crippen MR) is 81.0 cm³/mol. The summed E-state index contributed by atoms with van der Waals surface area (Å²) in [7, 11) is 0. The Morgan fingerprint density at radius 2 is 1.89 bits per heavy atom. The monoisotopic (exact) mass is 342 g/mol. The van der Waals surface area contributed by atoms with Gasteiger partial charge >= 0.3 is 0 Å². The Kier molecular flexibility index (Phi) is 4.80. The van der Waals surface area contributed by atoms with Crippen LogP contribution in [0.15, 0.2) is 46.9 Å². The summed E-state index contributed by atoms with van der Waals surface area (Å²) in [6.07, 6.45) is 0. The first-order chi connectivity index (χ1) is 9.10. The fourth-order valence-electron chi connectivity index (χ4n) is 1.76. The molecule has 19 heavy (non-hydrogen) atoms. The highest BCUT2D eigenvalue weighted by atomic mass is 79.9. The van der Waals surface area contributed by atoms with E-state index in [0.29, 0.717) is 11.6 Å². The van der Waals surface area contributed by atoms with Crippen LogP contribution in [0.5, 0.6) is 0 Å². The normalized spacial score (nSPS) is 12.2. The maximum absolute atomic E-state index is 12.9. The third kappa shape index (κ3) is 3.69. The molecule has 0 aliphatic rings. The van der Waals surface area contributed by atoms with Crippen molar-refractivity contribution in [3.05, 3.63) is 63.3 Å². The summed E-state index contributed by atoms with van der Waals surface area (Å²) < 4.78 is 13.7. The number of halogens is 3. The molecule has 0 spiro atoms. The number of rotatable bonds is 4. The van der Waals surface area contributed by atoms with Gasteiger partial charge in [-0.25, -0.2) is 4.39 Å². The second kappa shape index (κ2) is 6.37. The maximum atomic E-state index is 12.9. The zero-order chi connectivity index (χ0) is 13.8. The summed E-state index contributed by atoms with van der Waals surface area (Å²) in [5.41, 5.74) is 7.60. The van der Waals surface area contributed by atoms with E-state index >= 15 is 0 Å². The second-order valence-corrected chi connectivity index (χ2v) is 5.37. The molecule has 2 nitrogen and oxygen atoms in total. The molecule has 0 amide bonds. The molecular formula is C14H13BrClFN2. The van der Waals surface area contributed by atoms with E-state index in [1.165, 1.54) is 12.1 Å².